The summed E-state index contributed by atoms with van der Waals surface area (Å²) in [7, 11) is 3.37. The molecule has 0 saturated carbocycles. The highest BCUT2D eigenvalue weighted by atomic mass is 32.1. The summed E-state index contributed by atoms with van der Waals surface area (Å²) in [5.41, 5.74) is 2.01. The van der Waals surface area contributed by atoms with Gasteiger partial charge in [-0.1, -0.05) is 18.2 Å². The quantitative estimate of drug-likeness (QED) is 0.724. The van der Waals surface area contributed by atoms with Crippen molar-refractivity contribution in [2.75, 3.05) is 26.0 Å². The molecule has 134 valence electrons. The van der Waals surface area contributed by atoms with Crippen LogP contribution in [-0.4, -0.2) is 42.4 Å². The van der Waals surface area contributed by atoms with Gasteiger partial charge in [0.2, 0.25) is 5.91 Å². The van der Waals surface area contributed by atoms with E-state index in [9.17, 15) is 9.59 Å². The summed E-state index contributed by atoms with van der Waals surface area (Å²) in [6, 6.07) is 14.7. The number of amides is 2. The molecular weight excluding hydrogens is 350 g/mol. The van der Waals surface area contributed by atoms with Gasteiger partial charge in [-0.25, -0.2) is 4.98 Å². The Morgan fingerprint density at radius 3 is 2.73 bits per heavy atom. The molecular formula is C19H19N3O3S. The van der Waals surface area contributed by atoms with Crippen LogP contribution < -0.4 is 5.32 Å². The number of rotatable bonds is 6. The highest BCUT2D eigenvalue weighted by Crippen LogP contribution is 2.22. The molecule has 6 nitrogen and oxygen atoms in total. The monoisotopic (exact) mass is 369 g/mol. The highest BCUT2D eigenvalue weighted by Gasteiger charge is 2.10. The molecule has 26 heavy (non-hydrogen) atoms. The summed E-state index contributed by atoms with van der Waals surface area (Å²) in [4.78, 5) is 30.0. The van der Waals surface area contributed by atoms with Crippen molar-refractivity contribution in [1.82, 2.24) is 9.88 Å². The first-order valence-corrected chi connectivity index (χ1v) is 8.88. The van der Waals surface area contributed by atoms with Crippen LogP contribution in [0.4, 0.5) is 5.69 Å². The number of hydrogen-bond donors (Lipinski definition) is 1. The molecule has 3 rings (SSSR count). The number of nitrogens with zero attached hydrogens (tertiary/aromatic N) is 2. The summed E-state index contributed by atoms with van der Waals surface area (Å²) >= 11 is 1.55. The van der Waals surface area contributed by atoms with Crippen molar-refractivity contribution in [1.29, 1.82) is 0 Å². The smallest absolute Gasteiger partial charge is 0.253 e. The number of anilines is 1. The summed E-state index contributed by atoms with van der Waals surface area (Å²) < 4.78 is 6.56. The normalized spacial score (nSPS) is 10.7. The van der Waals surface area contributed by atoms with Crippen molar-refractivity contribution >= 4 is 39.1 Å². The lowest BCUT2D eigenvalue weighted by molar-refractivity contribution is -0.121. The van der Waals surface area contributed by atoms with E-state index in [2.05, 4.69) is 10.3 Å². The lowest BCUT2D eigenvalue weighted by Gasteiger charge is -2.11. The molecule has 3 aromatic rings. The van der Waals surface area contributed by atoms with E-state index in [0.29, 0.717) is 11.3 Å². The molecule has 0 bridgehead atoms. The van der Waals surface area contributed by atoms with Gasteiger partial charge in [-0.3, -0.25) is 9.59 Å². The van der Waals surface area contributed by atoms with E-state index in [1.807, 2.05) is 24.3 Å². The summed E-state index contributed by atoms with van der Waals surface area (Å²) in [5.74, 6) is -0.395. The van der Waals surface area contributed by atoms with Crippen LogP contribution in [0.5, 0.6) is 0 Å². The van der Waals surface area contributed by atoms with Crippen LogP contribution in [-0.2, 0) is 16.1 Å². The standard InChI is InChI=1S/C19H19N3O3S/c1-22(2)19(24)13-6-5-7-14(10-13)20-17(23)11-25-12-18-21-15-8-3-4-9-16(15)26-18/h3-10H,11-12H2,1-2H3,(H,20,23). The number of hydrogen-bond acceptors (Lipinski definition) is 5. The Balaban J connectivity index is 1.52. The second kappa shape index (κ2) is 8.07. The van der Waals surface area contributed by atoms with E-state index in [1.54, 1.807) is 49.7 Å². The topological polar surface area (TPSA) is 71.5 Å². The maximum Gasteiger partial charge on any atom is 0.253 e. The van der Waals surface area contributed by atoms with Crippen molar-refractivity contribution in [3.63, 3.8) is 0 Å². The predicted molar refractivity (Wildman–Crippen MR) is 102 cm³/mol. The fourth-order valence-electron chi connectivity index (χ4n) is 2.40. The molecule has 0 fully saturated rings. The number of fused-ring (bicyclic) bond motifs is 1. The van der Waals surface area contributed by atoms with Crippen molar-refractivity contribution in [2.45, 2.75) is 6.61 Å². The molecule has 7 heteroatoms. The molecule has 1 aromatic heterocycles. The van der Waals surface area contributed by atoms with E-state index in [4.69, 9.17) is 4.74 Å². The average Bonchev–Trinajstić information content (AvgIpc) is 3.04. The zero-order valence-electron chi connectivity index (χ0n) is 14.6. The van der Waals surface area contributed by atoms with Crippen molar-refractivity contribution in [2.24, 2.45) is 0 Å². The van der Waals surface area contributed by atoms with Crippen LogP contribution in [0.3, 0.4) is 0 Å². The number of thiazole rings is 1. The Labute approximate surface area is 155 Å². The van der Waals surface area contributed by atoms with Crippen molar-refractivity contribution in [3.8, 4) is 0 Å². The number of para-hydroxylation sites is 1. The average molecular weight is 369 g/mol. The highest BCUT2D eigenvalue weighted by molar-refractivity contribution is 7.18. The lowest BCUT2D eigenvalue weighted by atomic mass is 10.2. The lowest BCUT2D eigenvalue weighted by Crippen LogP contribution is -2.22. The minimum Gasteiger partial charge on any atom is -0.364 e. The van der Waals surface area contributed by atoms with Crippen LogP contribution in [0.2, 0.25) is 0 Å². The molecule has 0 aliphatic rings. The van der Waals surface area contributed by atoms with Crippen LogP contribution in [0.15, 0.2) is 48.5 Å². The van der Waals surface area contributed by atoms with Crippen LogP contribution in [0.25, 0.3) is 10.2 Å². The minimum atomic E-state index is -0.277. The van der Waals surface area contributed by atoms with E-state index >= 15 is 0 Å². The molecule has 0 aliphatic carbocycles. The molecule has 0 radical (unpaired) electrons. The number of benzene rings is 2. The van der Waals surface area contributed by atoms with Gasteiger partial charge in [0.1, 0.15) is 11.6 Å². The van der Waals surface area contributed by atoms with Gasteiger partial charge in [0, 0.05) is 25.3 Å². The largest absolute Gasteiger partial charge is 0.364 e. The third-order valence-corrected chi connectivity index (χ3v) is 4.61. The minimum absolute atomic E-state index is 0.0816. The first-order valence-electron chi connectivity index (χ1n) is 8.06. The summed E-state index contributed by atoms with van der Waals surface area (Å²) in [6.07, 6.45) is 0. The van der Waals surface area contributed by atoms with E-state index < -0.39 is 0 Å². The molecule has 0 unspecified atom stereocenters. The van der Waals surface area contributed by atoms with Gasteiger partial charge in [-0.2, -0.15) is 0 Å². The first-order chi connectivity index (χ1) is 12.5. The number of carbonyl (C=O) groups excluding carboxylic acids is 2. The van der Waals surface area contributed by atoms with E-state index in [-0.39, 0.29) is 25.0 Å². The van der Waals surface area contributed by atoms with Crippen molar-refractivity contribution < 1.29 is 14.3 Å². The molecule has 0 aliphatic heterocycles. The Kier molecular flexibility index (Phi) is 5.60. The Bertz CT molecular complexity index is 903. The number of carbonyl (C=O) groups is 2. The molecule has 1 N–H and O–H groups in total. The Morgan fingerprint density at radius 1 is 1.15 bits per heavy atom. The fraction of sp³-hybridized carbons (Fsp3) is 0.211. The molecule has 2 aromatic carbocycles. The van der Waals surface area contributed by atoms with Gasteiger partial charge in [0.15, 0.2) is 0 Å². The van der Waals surface area contributed by atoms with Gasteiger partial charge in [0.25, 0.3) is 5.91 Å². The van der Waals surface area contributed by atoms with Crippen LogP contribution >= 0.6 is 11.3 Å². The Morgan fingerprint density at radius 2 is 1.96 bits per heavy atom. The number of ether oxygens (including phenoxy) is 1. The number of nitrogens with one attached hydrogen (secondary N) is 1. The van der Waals surface area contributed by atoms with Gasteiger partial charge in [0.05, 0.1) is 16.8 Å². The van der Waals surface area contributed by atoms with Gasteiger partial charge in [-0.15, -0.1) is 11.3 Å². The van der Waals surface area contributed by atoms with E-state index in [0.717, 1.165) is 15.2 Å². The van der Waals surface area contributed by atoms with Crippen LogP contribution in [0, 0.1) is 0 Å². The van der Waals surface area contributed by atoms with Gasteiger partial charge < -0.3 is 15.0 Å². The number of aromatic nitrogens is 1. The Hall–Kier alpha value is -2.77. The maximum atomic E-state index is 12.0. The SMILES string of the molecule is CN(C)C(=O)c1cccc(NC(=O)COCc2nc3ccccc3s2)c1. The molecule has 0 atom stereocenters. The fourth-order valence-corrected chi connectivity index (χ4v) is 3.30. The summed E-state index contributed by atoms with van der Waals surface area (Å²) in [5, 5.41) is 3.57. The third-order valence-electron chi connectivity index (χ3n) is 3.60. The summed E-state index contributed by atoms with van der Waals surface area (Å²) in [6.45, 7) is 0.202. The zero-order valence-corrected chi connectivity index (χ0v) is 15.4. The predicted octanol–water partition coefficient (Wildman–Crippen LogP) is 3.15. The van der Waals surface area contributed by atoms with Crippen molar-refractivity contribution in [3.05, 3.63) is 59.1 Å². The first kappa shape index (κ1) is 18.0. The second-order valence-corrected chi connectivity index (χ2v) is 7.01. The van der Waals surface area contributed by atoms with Gasteiger partial charge >= 0.3 is 0 Å². The molecule has 2 amide bonds. The second-order valence-electron chi connectivity index (χ2n) is 5.90. The molecule has 0 spiro atoms. The molecule has 1 heterocycles. The van der Waals surface area contributed by atoms with Crippen LogP contribution in [0.1, 0.15) is 15.4 Å². The maximum absolute atomic E-state index is 12.0. The van der Waals surface area contributed by atoms with E-state index in [1.165, 1.54) is 4.90 Å². The third kappa shape index (κ3) is 4.44. The van der Waals surface area contributed by atoms with Gasteiger partial charge in [-0.05, 0) is 30.3 Å². The zero-order chi connectivity index (χ0) is 18.5. The molecule has 0 saturated heterocycles.